The molecule has 1 heterocycles. The zero-order chi connectivity index (χ0) is 17.3. The fourth-order valence-corrected chi connectivity index (χ4v) is 2.91. The van der Waals surface area contributed by atoms with Gasteiger partial charge < -0.3 is 10.2 Å². The lowest BCUT2D eigenvalue weighted by atomic mass is 10.1. The molecule has 0 aliphatic carbocycles. The Hall–Kier alpha value is -2.40. The van der Waals surface area contributed by atoms with E-state index < -0.39 is 11.7 Å². The number of carbonyl (C=O) groups excluding carboxylic acids is 2. The molecule has 1 saturated heterocycles. The molecular weight excluding hydrogens is 331 g/mol. The van der Waals surface area contributed by atoms with Gasteiger partial charge in [-0.05, 0) is 49.2 Å². The first-order valence-corrected chi connectivity index (χ1v) is 8.01. The SMILES string of the molecule is Cc1ccc(NC(=O)c2ccc(Cl)cc2F)cc1N1CCCC1=O. The highest BCUT2D eigenvalue weighted by atomic mass is 35.5. The summed E-state index contributed by atoms with van der Waals surface area (Å²) in [5.41, 5.74) is 2.14. The van der Waals surface area contributed by atoms with Crippen LogP contribution in [0.5, 0.6) is 0 Å². The first-order chi connectivity index (χ1) is 11.5. The van der Waals surface area contributed by atoms with Crippen molar-refractivity contribution in [3.8, 4) is 0 Å². The van der Waals surface area contributed by atoms with Crippen LogP contribution in [0, 0.1) is 12.7 Å². The van der Waals surface area contributed by atoms with E-state index >= 15 is 0 Å². The number of carbonyl (C=O) groups is 2. The van der Waals surface area contributed by atoms with Gasteiger partial charge in [0.15, 0.2) is 0 Å². The molecule has 0 atom stereocenters. The number of anilines is 2. The van der Waals surface area contributed by atoms with E-state index in [4.69, 9.17) is 11.6 Å². The standard InChI is InChI=1S/C18H16ClFN2O2/c1-11-4-6-13(10-16(11)22-8-2-3-17(22)23)21-18(24)14-7-5-12(19)9-15(14)20/h4-7,9-10H,2-3,8H2,1H3,(H,21,24). The van der Waals surface area contributed by atoms with Crippen molar-refractivity contribution in [3.05, 3.63) is 58.4 Å². The Morgan fingerprint density at radius 3 is 2.71 bits per heavy atom. The van der Waals surface area contributed by atoms with Crippen LogP contribution in [0.25, 0.3) is 0 Å². The van der Waals surface area contributed by atoms with Crippen LogP contribution >= 0.6 is 11.6 Å². The number of amides is 2. The molecule has 3 rings (SSSR count). The highest BCUT2D eigenvalue weighted by Crippen LogP contribution is 2.28. The summed E-state index contributed by atoms with van der Waals surface area (Å²) in [7, 11) is 0. The Labute approximate surface area is 144 Å². The van der Waals surface area contributed by atoms with Crippen LogP contribution in [0.3, 0.4) is 0 Å². The lowest BCUT2D eigenvalue weighted by Gasteiger charge is -2.19. The van der Waals surface area contributed by atoms with Crippen LogP contribution in [0.1, 0.15) is 28.8 Å². The van der Waals surface area contributed by atoms with Crippen molar-refractivity contribution in [2.45, 2.75) is 19.8 Å². The predicted octanol–water partition coefficient (Wildman–Crippen LogP) is 4.17. The molecule has 6 heteroatoms. The molecule has 2 amide bonds. The summed E-state index contributed by atoms with van der Waals surface area (Å²) in [6, 6.07) is 9.19. The first-order valence-electron chi connectivity index (χ1n) is 7.63. The van der Waals surface area contributed by atoms with Gasteiger partial charge in [0.05, 0.1) is 5.56 Å². The van der Waals surface area contributed by atoms with Gasteiger partial charge >= 0.3 is 0 Å². The predicted molar refractivity (Wildman–Crippen MR) is 92.1 cm³/mol. The van der Waals surface area contributed by atoms with Gasteiger partial charge in [-0.15, -0.1) is 0 Å². The van der Waals surface area contributed by atoms with Gasteiger partial charge in [-0.1, -0.05) is 17.7 Å². The van der Waals surface area contributed by atoms with E-state index in [1.54, 1.807) is 17.0 Å². The van der Waals surface area contributed by atoms with Crippen LogP contribution in [-0.4, -0.2) is 18.4 Å². The Morgan fingerprint density at radius 1 is 1.25 bits per heavy atom. The Kier molecular flexibility index (Phi) is 4.53. The molecule has 1 fully saturated rings. The fraction of sp³-hybridized carbons (Fsp3) is 0.222. The molecule has 2 aromatic carbocycles. The maximum atomic E-state index is 13.8. The van der Waals surface area contributed by atoms with Gasteiger partial charge in [0.1, 0.15) is 5.82 Å². The van der Waals surface area contributed by atoms with Crippen molar-refractivity contribution in [3.63, 3.8) is 0 Å². The molecule has 2 aromatic rings. The second-order valence-corrected chi connectivity index (χ2v) is 6.16. The monoisotopic (exact) mass is 346 g/mol. The average molecular weight is 347 g/mol. The second-order valence-electron chi connectivity index (χ2n) is 5.73. The van der Waals surface area contributed by atoms with Crippen molar-refractivity contribution >= 4 is 34.8 Å². The third kappa shape index (κ3) is 3.26. The van der Waals surface area contributed by atoms with Crippen molar-refractivity contribution in [2.24, 2.45) is 0 Å². The van der Waals surface area contributed by atoms with Gasteiger partial charge in [0, 0.05) is 29.4 Å². The van der Waals surface area contributed by atoms with Crippen LogP contribution in [0.4, 0.5) is 15.8 Å². The summed E-state index contributed by atoms with van der Waals surface area (Å²) in [6.45, 7) is 2.58. The number of nitrogens with zero attached hydrogens (tertiary/aromatic N) is 1. The highest BCUT2D eigenvalue weighted by molar-refractivity contribution is 6.30. The summed E-state index contributed by atoms with van der Waals surface area (Å²) < 4.78 is 13.8. The molecule has 1 N–H and O–H groups in total. The smallest absolute Gasteiger partial charge is 0.258 e. The zero-order valence-corrected chi connectivity index (χ0v) is 13.9. The minimum absolute atomic E-state index is 0.0744. The number of benzene rings is 2. The van der Waals surface area contributed by atoms with Crippen molar-refractivity contribution in [2.75, 3.05) is 16.8 Å². The Morgan fingerprint density at radius 2 is 2.04 bits per heavy atom. The molecule has 0 bridgehead atoms. The van der Waals surface area contributed by atoms with E-state index in [-0.39, 0.29) is 16.5 Å². The Balaban J connectivity index is 1.85. The Bertz CT molecular complexity index is 823. The van der Waals surface area contributed by atoms with Crippen LogP contribution < -0.4 is 10.2 Å². The van der Waals surface area contributed by atoms with Gasteiger partial charge in [0.2, 0.25) is 5.91 Å². The van der Waals surface area contributed by atoms with Crippen LogP contribution in [-0.2, 0) is 4.79 Å². The van der Waals surface area contributed by atoms with Crippen LogP contribution in [0.2, 0.25) is 5.02 Å². The normalized spacial score (nSPS) is 14.1. The number of nitrogens with one attached hydrogen (secondary N) is 1. The summed E-state index contributed by atoms with van der Waals surface area (Å²) in [5.74, 6) is -1.17. The van der Waals surface area contributed by atoms with Crippen molar-refractivity contribution in [1.29, 1.82) is 0 Å². The van der Waals surface area contributed by atoms with Gasteiger partial charge in [-0.25, -0.2) is 4.39 Å². The quantitative estimate of drug-likeness (QED) is 0.907. The van der Waals surface area contributed by atoms with Gasteiger partial charge in [0.25, 0.3) is 5.91 Å². The topological polar surface area (TPSA) is 49.4 Å². The molecule has 4 nitrogen and oxygen atoms in total. The van der Waals surface area contributed by atoms with E-state index in [1.807, 2.05) is 13.0 Å². The largest absolute Gasteiger partial charge is 0.322 e. The lowest BCUT2D eigenvalue weighted by Crippen LogP contribution is -2.24. The lowest BCUT2D eigenvalue weighted by molar-refractivity contribution is -0.117. The second kappa shape index (κ2) is 6.61. The molecule has 0 radical (unpaired) electrons. The highest BCUT2D eigenvalue weighted by Gasteiger charge is 2.23. The van der Waals surface area contributed by atoms with E-state index in [0.29, 0.717) is 18.7 Å². The van der Waals surface area contributed by atoms with Crippen molar-refractivity contribution < 1.29 is 14.0 Å². The van der Waals surface area contributed by atoms with E-state index in [0.717, 1.165) is 23.7 Å². The number of aryl methyl sites for hydroxylation is 1. The molecule has 0 unspecified atom stereocenters. The third-order valence-corrected chi connectivity index (χ3v) is 4.24. The van der Waals surface area contributed by atoms with E-state index in [1.165, 1.54) is 12.1 Å². The fourth-order valence-electron chi connectivity index (χ4n) is 2.75. The number of hydrogen-bond acceptors (Lipinski definition) is 2. The van der Waals surface area contributed by atoms with Gasteiger partial charge in [-0.2, -0.15) is 0 Å². The minimum Gasteiger partial charge on any atom is -0.322 e. The zero-order valence-electron chi connectivity index (χ0n) is 13.1. The maximum Gasteiger partial charge on any atom is 0.258 e. The molecular formula is C18H16ClFN2O2. The number of halogens is 2. The maximum absolute atomic E-state index is 13.8. The van der Waals surface area contributed by atoms with E-state index in [2.05, 4.69) is 5.32 Å². The summed E-state index contributed by atoms with van der Waals surface area (Å²) >= 11 is 5.70. The molecule has 0 aromatic heterocycles. The number of hydrogen-bond donors (Lipinski definition) is 1. The van der Waals surface area contributed by atoms with Crippen LogP contribution in [0.15, 0.2) is 36.4 Å². The minimum atomic E-state index is -0.679. The molecule has 24 heavy (non-hydrogen) atoms. The molecule has 1 aliphatic rings. The molecule has 0 saturated carbocycles. The van der Waals surface area contributed by atoms with Crippen molar-refractivity contribution in [1.82, 2.24) is 0 Å². The summed E-state index contributed by atoms with van der Waals surface area (Å²) in [4.78, 5) is 25.9. The first kappa shape index (κ1) is 16.5. The summed E-state index contributed by atoms with van der Waals surface area (Å²) in [6.07, 6.45) is 1.36. The molecule has 0 spiro atoms. The molecule has 124 valence electrons. The number of rotatable bonds is 3. The molecule has 1 aliphatic heterocycles. The third-order valence-electron chi connectivity index (χ3n) is 4.01. The summed E-state index contributed by atoms with van der Waals surface area (Å²) in [5, 5.41) is 2.90. The average Bonchev–Trinajstić information content (AvgIpc) is 2.95. The van der Waals surface area contributed by atoms with Gasteiger partial charge in [-0.3, -0.25) is 9.59 Å². The van der Waals surface area contributed by atoms with E-state index in [9.17, 15) is 14.0 Å².